The standard InChI is InChI=1S/C19H20N4O2/c1-12(2)14-7-4-6-13(3)18(14)20-16-9-10-17(23-22-16)21-19(24)15-8-5-11-25-15/h4-12H,1-3H3,(H,20,22)(H,21,23,24). The van der Waals surface area contributed by atoms with E-state index in [2.05, 4.69) is 59.8 Å². The van der Waals surface area contributed by atoms with Crippen LogP contribution in [0.2, 0.25) is 0 Å². The van der Waals surface area contributed by atoms with Crippen LogP contribution in [0, 0.1) is 6.92 Å². The van der Waals surface area contributed by atoms with Crippen molar-refractivity contribution < 1.29 is 9.21 Å². The summed E-state index contributed by atoms with van der Waals surface area (Å²) in [5, 5.41) is 14.2. The van der Waals surface area contributed by atoms with E-state index in [4.69, 9.17) is 4.42 Å². The number of anilines is 3. The van der Waals surface area contributed by atoms with Gasteiger partial charge < -0.3 is 15.1 Å². The molecule has 0 aliphatic rings. The first-order chi connectivity index (χ1) is 12.0. The van der Waals surface area contributed by atoms with Crippen molar-refractivity contribution >= 4 is 23.2 Å². The van der Waals surface area contributed by atoms with Crippen LogP contribution < -0.4 is 10.6 Å². The van der Waals surface area contributed by atoms with Crippen LogP contribution in [0.25, 0.3) is 0 Å². The largest absolute Gasteiger partial charge is 0.459 e. The van der Waals surface area contributed by atoms with Crippen LogP contribution in [-0.2, 0) is 0 Å². The zero-order chi connectivity index (χ0) is 17.8. The van der Waals surface area contributed by atoms with Crippen LogP contribution in [0.1, 0.15) is 41.4 Å². The van der Waals surface area contributed by atoms with E-state index in [1.807, 2.05) is 0 Å². The zero-order valence-electron chi connectivity index (χ0n) is 14.4. The van der Waals surface area contributed by atoms with Crippen molar-refractivity contribution in [2.75, 3.05) is 10.6 Å². The lowest BCUT2D eigenvalue weighted by Crippen LogP contribution is -2.12. The quantitative estimate of drug-likeness (QED) is 0.717. The number of hydrogen-bond acceptors (Lipinski definition) is 5. The van der Waals surface area contributed by atoms with Crippen LogP contribution >= 0.6 is 0 Å². The molecule has 0 unspecified atom stereocenters. The minimum Gasteiger partial charge on any atom is -0.459 e. The second-order valence-corrected chi connectivity index (χ2v) is 6.05. The Morgan fingerprint density at radius 1 is 1.04 bits per heavy atom. The number of hydrogen-bond donors (Lipinski definition) is 2. The van der Waals surface area contributed by atoms with Gasteiger partial charge in [0.1, 0.15) is 0 Å². The highest BCUT2D eigenvalue weighted by atomic mass is 16.3. The summed E-state index contributed by atoms with van der Waals surface area (Å²) in [5.41, 5.74) is 3.40. The number of furan rings is 1. The van der Waals surface area contributed by atoms with Gasteiger partial charge in [-0.2, -0.15) is 0 Å². The van der Waals surface area contributed by atoms with E-state index in [1.54, 1.807) is 24.3 Å². The summed E-state index contributed by atoms with van der Waals surface area (Å²) in [7, 11) is 0. The van der Waals surface area contributed by atoms with Crippen molar-refractivity contribution in [1.29, 1.82) is 0 Å². The molecule has 1 aromatic carbocycles. The monoisotopic (exact) mass is 336 g/mol. The van der Waals surface area contributed by atoms with Gasteiger partial charge in [0.05, 0.1) is 6.26 Å². The first kappa shape index (κ1) is 16.7. The molecule has 0 radical (unpaired) electrons. The average Bonchev–Trinajstić information content (AvgIpc) is 3.13. The number of amides is 1. The van der Waals surface area contributed by atoms with Gasteiger partial charge in [-0.25, -0.2) is 0 Å². The Morgan fingerprint density at radius 2 is 1.80 bits per heavy atom. The second-order valence-electron chi connectivity index (χ2n) is 6.05. The van der Waals surface area contributed by atoms with E-state index in [0.717, 1.165) is 11.3 Å². The number of rotatable bonds is 5. The fourth-order valence-electron chi connectivity index (χ4n) is 2.52. The van der Waals surface area contributed by atoms with Crippen molar-refractivity contribution in [2.45, 2.75) is 26.7 Å². The lowest BCUT2D eigenvalue weighted by Gasteiger charge is -2.16. The predicted molar refractivity (Wildman–Crippen MR) is 97.2 cm³/mol. The maximum atomic E-state index is 11.9. The van der Waals surface area contributed by atoms with Crippen molar-refractivity contribution in [2.24, 2.45) is 0 Å². The third-order valence-electron chi connectivity index (χ3n) is 3.83. The molecule has 2 heterocycles. The summed E-state index contributed by atoms with van der Waals surface area (Å²) < 4.78 is 5.05. The molecule has 6 heteroatoms. The van der Waals surface area contributed by atoms with Gasteiger partial charge in [0.2, 0.25) is 0 Å². The second kappa shape index (κ2) is 7.17. The van der Waals surface area contributed by atoms with Gasteiger partial charge in [-0.1, -0.05) is 32.0 Å². The fourth-order valence-corrected chi connectivity index (χ4v) is 2.52. The highest BCUT2D eigenvalue weighted by Gasteiger charge is 2.12. The Kier molecular flexibility index (Phi) is 4.79. The molecule has 0 aliphatic carbocycles. The number of nitrogens with zero attached hydrogens (tertiary/aromatic N) is 2. The smallest absolute Gasteiger partial charge is 0.292 e. The van der Waals surface area contributed by atoms with Gasteiger partial charge in [0, 0.05) is 5.69 Å². The number of nitrogens with one attached hydrogen (secondary N) is 2. The fraction of sp³-hybridized carbons (Fsp3) is 0.211. The van der Waals surface area contributed by atoms with Gasteiger partial charge in [0.25, 0.3) is 5.91 Å². The molecule has 0 fully saturated rings. The molecule has 0 bridgehead atoms. The molecular weight excluding hydrogens is 316 g/mol. The van der Waals surface area contributed by atoms with Gasteiger partial charge in [0.15, 0.2) is 17.4 Å². The molecule has 3 aromatic rings. The molecule has 2 N–H and O–H groups in total. The van der Waals surface area contributed by atoms with Crippen molar-refractivity contribution in [1.82, 2.24) is 10.2 Å². The molecule has 0 atom stereocenters. The summed E-state index contributed by atoms with van der Waals surface area (Å²) in [4.78, 5) is 11.9. The molecule has 2 aromatic heterocycles. The number of benzene rings is 1. The number of aromatic nitrogens is 2. The lowest BCUT2D eigenvalue weighted by atomic mass is 9.98. The topological polar surface area (TPSA) is 80.0 Å². The number of para-hydroxylation sites is 1. The maximum absolute atomic E-state index is 11.9. The van der Waals surface area contributed by atoms with Crippen LogP contribution in [0.3, 0.4) is 0 Å². The zero-order valence-corrected chi connectivity index (χ0v) is 14.4. The van der Waals surface area contributed by atoms with E-state index in [0.29, 0.717) is 17.6 Å². The molecule has 6 nitrogen and oxygen atoms in total. The molecule has 0 saturated heterocycles. The highest BCUT2D eigenvalue weighted by Crippen LogP contribution is 2.29. The molecule has 25 heavy (non-hydrogen) atoms. The van der Waals surface area contributed by atoms with Gasteiger partial charge >= 0.3 is 0 Å². The molecule has 0 spiro atoms. The molecule has 0 saturated carbocycles. The number of aryl methyl sites for hydroxylation is 1. The Hall–Kier alpha value is -3.15. The molecular formula is C19H20N4O2. The highest BCUT2D eigenvalue weighted by molar-refractivity contribution is 6.01. The Labute approximate surface area is 146 Å². The van der Waals surface area contributed by atoms with Crippen molar-refractivity contribution in [3.8, 4) is 0 Å². The van der Waals surface area contributed by atoms with Gasteiger partial charge in [-0.3, -0.25) is 4.79 Å². The van der Waals surface area contributed by atoms with E-state index in [1.165, 1.54) is 11.8 Å². The van der Waals surface area contributed by atoms with Crippen LogP contribution in [0.5, 0.6) is 0 Å². The van der Waals surface area contributed by atoms with Gasteiger partial charge in [-0.15, -0.1) is 10.2 Å². The van der Waals surface area contributed by atoms with Crippen LogP contribution in [0.4, 0.5) is 17.3 Å². The minimum absolute atomic E-state index is 0.227. The first-order valence-corrected chi connectivity index (χ1v) is 8.09. The van der Waals surface area contributed by atoms with Crippen molar-refractivity contribution in [3.05, 3.63) is 65.6 Å². The third kappa shape index (κ3) is 3.85. The molecule has 0 aliphatic heterocycles. The van der Waals surface area contributed by atoms with E-state index in [9.17, 15) is 4.79 Å². The Balaban J connectivity index is 1.74. The third-order valence-corrected chi connectivity index (χ3v) is 3.83. The molecule has 3 rings (SSSR count). The Bertz CT molecular complexity index is 856. The van der Waals surface area contributed by atoms with E-state index >= 15 is 0 Å². The number of carbonyl (C=O) groups is 1. The first-order valence-electron chi connectivity index (χ1n) is 8.09. The lowest BCUT2D eigenvalue weighted by molar-refractivity contribution is 0.0996. The average molecular weight is 336 g/mol. The minimum atomic E-state index is -0.360. The summed E-state index contributed by atoms with van der Waals surface area (Å²) in [6, 6.07) is 12.9. The molecule has 128 valence electrons. The Morgan fingerprint density at radius 3 is 2.44 bits per heavy atom. The van der Waals surface area contributed by atoms with Crippen LogP contribution in [-0.4, -0.2) is 16.1 Å². The normalized spacial score (nSPS) is 10.7. The summed E-state index contributed by atoms with van der Waals surface area (Å²) >= 11 is 0. The van der Waals surface area contributed by atoms with Crippen LogP contribution in [0.15, 0.2) is 53.1 Å². The SMILES string of the molecule is Cc1cccc(C(C)C)c1Nc1ccc(NC(=O)c2ccco2)nn1. The van der Waals surface area contributed by atoms with Crippen molar-refractivity contribution in [3.63, 3.8) is 0 Å². The molecule has 1 amide bonds. The van der Waals surface area contributed by atoms with E-state index < -0.39 is 0 Å². The summed E-state index contributed by atoms with van der Waals surface area (Å²) in [5.74, 6) is 1.24. The summed E-state index contributed by atoms with van der Waals surface area (Å²) in [6.07, 6.45) is 1.45. The van der Waals surface area contributed by atoms with Gasteiger partial charge in [-0.05, 0) is 48.2 Å². The maximum Gasteiger partial charge on any atom is 0.292 e. The predicted octanol–water partition coefficient (Wildman–Crippen LogP) is 4.50. The summed E-state index contributed by atoms with van der Waals surface area (Å²) in [6.45, 7) is 6.36. The number of carbonyl (C=O) groups excluding carboxylic acids is 1. The van der Waals surface area contributed by atoms with E-state index in [-0.39, 0.29) is 11.7 Å².